The van der Waals surface area contributed by atoms with Gasteiger partial charge in [0.05, 0.1) is 0 Å². The zero-order chi connectivity index (χ0) is 10.8. The second-order valence-electron chi connectivity index (χ2n) is 3.22. The summed E-state index contributed by atoms with van der Waals surface area (Å²) in [5, 5.41) is 1.24. The molecule has 0 aliphatic heterocycles. The molecule has 1 nitrogen and oxygen atoms in total. The van der Waals surface area contributed by atoms with Crippen LogP contribution in [0.2, 0.25) is 0 Å². The first kappa shape index (κ1) is 10.6. The minimum atomic E-state index is 0.791. The van der Waals surface area contributed by atoms with Crippen molar-refractivity contribution in [2.75, 3.05) is 0 Å². The Morgan fingerprint density at radius 1 is 1.40 bits per heavy atom. The SMILES string of the molecule is Cc1sc2cc(C=CC=O)ccc2c1Br. The Balaban J connectivity index is 2.56. The fourth-order valence-electron chi connectivity index (χ4n) is 1.46. The molecule has 0 bridgehead atoms. The molecule has 76 valence electrons. The third-order valence-electron chi connectivity index (χ3n) is 2.18. The van der Waals surface area contributed by atoms with Gasteiger partial charge in [-0.05, 0) is 40.6 Å². The van der Waals surface area contributed by atoms with Gasteiger partial charge in [0.1, 0.15) is 6.29 Å². The summed E-state index contributed by atoms with van der Waals surface area (Å²) in [5.74, 6) is 0. The Morgan fingerprint density at radius 3 is 2.93 bits per heavy atom. The quantitative estimate of drug-likeness (QED) is 0.596. The highest BCUT2D eigenvalue weighted by Crippen LogP contribution is 2.35. The van der Waals surface area contributed by atoms with Crippen LogP contribution in [0.25, 0.3) is 16.2 Å². The van der Waals surface area contributed by atoms with Crippen molar-refractivity contribution in [3.8, 4) is 0 Å². The number of carbonyl (C=O) groups excluding carboxylic acids is 1. The summed E-state index contributed by atoms with van der Waals surface area (Å²) in [5.41, 5.74) is 1.06. The van der Waals surface area contributed by atoms with Crippen LogP contribution in [0.1, 0.15) is 10.4 Å². The maximum atomic E-state index is 10.2. The maximum absolute atomic E-state index is 10.2. The number of allylic oxidation sites excluding steroid dienone is 1. The molecule has 2 aromatic rings. The number of aldehydes is 1. The van der Waals surface area contributed by atoms with Crippen LogP contribution in [-0.2, 0) is 4.79 Å². The van der Waals surface area contributed by atoms with Crippen LogP contribution < -0.4 is 0 Å². The van der Waals surface area contributed by atoms with Crippen LogP contribution in [0.4, 0.5) is 0 Å². The highest BCUT2D eigenvalue weighted by atomic mass is 79.9. The third kappa shape index (κ3) is 2.03. The van der Waals surface area contributed by atoms with E-state index >= 15 is 0 Å². The summed E-state index contributed by atoms with van der Waals surface area (Å²) in [6.07, 6.45) is 4.12. The number of halogens is 1. The van der Waals surface area contributed by atoms with Crippen molar-refractivity contribution in [3.63, 3.8) is 0 Å². The molecule has 2 rings (SSSR count). The number of carbonyl (C=O) groups is 1. The van der Waals surface area contributed by atoms with Gasteiger partial charge >= 0.3 is 0 Å². The van der Waals surface area contributed by atoms with Crippen molar-refractivity contribution >= 4 is 49.7 Å². The Labute approximate surface area is 101 Å². The lowest BCUT2D eigenvalue weighted by Crippen LogP contribution is -1.71. The second-order valence-corrected chi connectivity index (χ2v) is 5.27. The number of hydrogen-bond donors (Lipinski definition) is 0. The summed E-state index contributed by atoms with van der Waals surface area (Å²) in [4.78, 5) is 11.5. The fraction of sp³-hybridized carbons (Fsp3) is 0.0833. The highest BCUT2D eigenvalue weighted by Gasteiger charge is 2.05. The van der Waals surface area contributed by atoms with Crippen LogP contribution in [0.3, 0.4) is 0 Å². The van der Waals surface area contributed by atoms with Gasteiger partial charge in [0.2, 0.25) is 0 Å². The van der Waals surface area contributed by atoms with E-state index < -0.39 is 0 Å². The molecule has 0 radical (unpaired) electrons. The molecule has 1 aromatic heterocycles. The molecule has 3 heteroatoms. The standard InChI is InChI=1S/C12H9BrOS/c1-8-12(13)10-5-4-9(3-2-6-14)7-11(10)15-8/h2-7H,1H3. The van der Waals surface area contributed by atoms with Crippen molar-refractivity contribution in [3.05, 3.63) is 39.2 Å². The lowest BCUT2D eigenvalue weighted by atomic mass is 10.1. The fourth-order valence-corrected chi connectivity index (χ4v) is 3.18. The number of aryl methyl sites for hydroxylation is 1. The van der Waals surface area contributed by atoms with E-state index in [2.05, 4.69) is 35.0 Å². The van der Waals surface area contributed by atoms with E-state index in [1.165, 1.54) is 25.5 Å². The van der Waals surface area contributed by atoms with Gasteiger partial charge < -0.3 is 0 Å². The van der Waals surface area contributed by atoms with Gasteiger partial charge in [-0.15, -0.1) is 11.3 Å². The molecular weight excluding hydrogens is 272 g/mol. The molecule has 0 aliphatic carbocycles. The van der Waals surface area contributed by atoms with Gasteiger partial charge in [-0.1, -0.05) is 18.2 Å². The molecule has 0 spiro atoms. The first-order valence-electron chi connectivity index (χ1n) is 4.53. The number of benzene rings is 1. The minimum absolute atomic E-state index is 0.791. The summed E-state index contributed by atoms with van der Waals surface area (Å²) in [7, 11) is 0. The summed E-state index contributed by atoms with van der Waals surface area (Å²) in [6, 6.07) is 6.18. The number of rotatable bonds is 2. The number of hydrogen-bond acceptors (Lipinski definition) is 2. The molecule has 0 amide bonds. The molecule has 1 aromatic carbocycles. The van der Waals surface area contributed by atoms with Crippen molar-refractivity contribution in [2.24, 2.45) is 0 Å². The maximum Gasteiger partial charge on any atom is 0.142 e. The van der Waals surface area contributed by atoms with Crippen molar-refractivity contribution in [1.29, 1.82) is 0 Å². The van der Waals surface area contributed by atoms with E-state index in [4.69, 9.17) is 0 Å². The monoisotopic (exact) mass is 280 g/mol. The Bertz CT molecular complexity index is 540. The predicted molar refractivity (Wildman–Crippen MR) is 69.4 cm³/mol. The van der Waals surface area contributed by atoms with Crippen molar-refractivity contribution in [1.82, 2.24) is 0 Å². The van der Waals surface area contributed by atoms with Crippen LogP contribution in [0.5, 0.6) is 0 Å². The summed E-state index contributed by atoms with van der Waals surface area (Å²) < 4.78 is 2.42. The smallest absolute Gasteiger partial charge is 0.142 e. The Morgan fingerprint density at radius 2 is 2.20 bits per heavy atom. The average Bonchev–Trinajstić information content (AvgIpc) is 2.52. The van der Waals surface area contributed by atoms with Crippen LogP contribution >= 0.6 is 27.3 Å². The third-order valence-corrected chi connectivity index (χ3v) is 4.53. The summed E-state index contributed by atoms with van der Waals surface area (Å²) in [6.45, 7) is 2.09. The molecular formula is C12H9BrOS. The van der Waals surface area contributed by atoms with Crippen molar-refractivity contribution < 1.29 is 4.79 Å². The first-order valence-corrected chi connectivity index (χ1v) is 6.14. The molecule has 1 heterocycles. The molecule has 0 saturated carbocycles. The van der Waals surface area contributed by atoms with Gasteiger partial charge in [-0.3, -0.25) is 4.79 Å². The molecule has 0 saturated heterocycles. The van der Waals surface area contributed by atoms with E-state index in [1.807, 2.05) is 12.1 Å². The molecule has 0 aliphatic rings. The average molecular weight is 281 g/mol. The first-order chi connectivity index (χ1) is 7.22. The highest BCUT2D eigenvalue weighted by molar-refractivity contribution is 9.10. The van der Waals surface area contributed by atoms with Crippen LogP contribution in [-0.4, -0.2) is 6.29 Å². The molecule has 0 unspecified atom stereocenters. The topological polar surface area (TPSA) is 17.1 Å². The largest absolute Gasteiger partial charge is 0.299 e. The lowest BCUT2D eigenvalue weighted by molar-refractivity contribution is -0.104. The van der Waals surface area contributed by atoms with Crippen molar-refractivity contribution in [2.45, 2.75) is 6.92 Å². The van der Waals surface area contributed by atoms with Gasteiger partial charge in [0, 0.05) is 19.4 Å². The number of thiophene rings is 1. The van der Waals surface area contributed by atoms with E-state index in [9.17, 15) is 4.79 Å². The Hall–Kier alpha value is -0.930. The van der Waals surface area contributed by atoms with E-state index in [1.54, 1.807) is 11.3 Å². The van der Waals surface area contributed by atoms with E-state index in [0.29, 0.717) is 0 Å². The zero-order valence-electron chi connectivity index (χ0n) is 8.16. The molecule has 0 N–H and O–H groups in total. The van der Waals surface area contributed by atoms with Crippen LogP contribution in [0.15, 0.2) is 28.7 Å². The van der Waals surface area contributed by atoms with E-state index in [0.717, 1.165) is 11.8 Å². The van der Waals surface area contributed by atoms with Crippen LogP contribution in [0, 0.1) is 6.92 Å². The van der Waals surface area contributed by atoms with Gasteiger partial charge in [0.15, 0.2) is 0 Å². The predicted octanol–water partition coefficient (Wildman–Crippen LogP) is 4.18. The molecule has 0 fully saturated rings. The van der Waals surface area contributed by atoms with E-state index in [-0.39, 0.29) is 0 Å². The Kier molecular flexibility index (Phi) is 3.03. The molecule has 15 heavy (non-hydrogen) atoms. The second kappa shape index (κ2) is 4.29. The van der Waals surface area contributed by atoms with Gasteiger partial charge in [-0.2, -0.15) is 0 Å². The lowest BCUT2D eigenvalue weighted by Gasteiger charge is -1.93. The minimum Gasteiger partial charge on any atom is -0.299 e. The van der Waals surface area contributed by atoms with Gasteiger partial charge in [0.25, 0.3) is 0 Å². The van der Waals surface area contributed by atoms with Gasteiger partial charge in [-0.25, -0.2) is 0 Å². The zero-order valence-corrected chi connectivity index (χ0v) is 10.6. The molecule has 0 atom stereocenters. The number of fused-ring (bicyclic) bond motifs is 1. The summed E-state index contributed by atoms with van der Waals surface area (Å²) >= 11 is 5.32. The normalized spacial score (nSPS) is 11.3.